The van der Waals surface area contributed by atoms with E-state index in [1.54, 1.807) is 14.1 Å². The Hall–Kier alpha value is -2.92. The maximum absolute atomic E-state index is 11.6. The van der Waals surface area contributed by atoms with Crippen LogP contribution in [0.5, 0.6) is 0 Å². The zero-order valence-electron chi connectivity index (χ0n) is 18.2. The van der Waals surface area contributed by atoms with Gasteiger partial charge in [-0.1, -0.05) is 30.3 Å². The van der Waals surface area contributed by atoms with Crippen molar-refractivity contribution < 1.29 is 32.6 Å². The van der Waals surface area contributed by atoms with Gasteiger partial charge in [0.1, 0.15) is 12.4 Å². The number of hydrogen-bond donors (Lipinski definition) is 1. The number of benzene rings is 1. The number of carboxylic acids is 1. The quantitative estimate of drug-likeness (QED) is 0.719. The van der Waals surface area contributed by atoms with Crippen molar-refractivity contribution in [2.45, 2.75) is 38.8 Å². The molecule has 2 heterocycles. The van der Waals surface area contributed by atoms with Gasteiger partial charge in [-0.15, -0.1) is 0 Å². The first kappa shape index (κ1) is 25.3. The van der Waals surface area contributed by atoms with Crippen LogP contribution in [0.15, 0.2) is 36.5 Å². The summed E-state index contributed by atoms with van der Waals surface area (Å²) >= 11 is 0. The Morgan fingerprint density at radius 2 is 1.84 bits per heavy atom. The van der Waals surface area contributed by atoms with E-state index in [4.69, 9.17) is 14.6 Å². The average Bonchev–Trinajstić information content (AvgIpc) is 3.14. The highest BCUT2D eigenvalue weighted by Crippen LogP contribution is 2.27. The molecule has 1 amide bonds. The van der Waals surface area contributed by atoms with Crippen LogP contribution in [0.3, 0.4) is 0 Å². The monoisotopic (exact) mass is 456 g/mol. The average molecular weight is 456 g/mol. The molecule has 8 nitrogen and oxygen atoms in total. The van der Waals surface area contributed by atoms with E-state index in [0.717, 1.165) is 31.2 Å². The molecule has 0 saturated heterocycles. The van der Waals surface area contributed by atoms with Crippen LogP contribution in [0.4, 0.5) is 13.2 Å². The number of alkyl halides is 3. The van der Waals surface area contributed by atoms with Gasteiger partial charge < -0.3 is 19.3 Å². The lowest BCUT2D eigenvalue weighted by Crippen LogP contribution is -2.37. The molecule has 2 aromatic rings. The van der Waals surface area contributed by atoms with E-state index in [2.05, 4.69) is 45.6 Å². The predicted molar refractivity (Wildman–Crippen MR) is 110 cm³/mol. The molecule has 0 spiro atoms. The van der Waals surface area contributed by atoms with Gasteiger partial charge in [-0.2, -0.15) is 13.2 Å². The van der Waals surface area contributed by atoms with Gasteiger partial charge in [-0.25, -0.2) is 9.78 Å². The predicted octanol–water partition coefficient (Wildman–Crippen LogP) is 2.70. The number of nitrogens with zero attached hydrogens (tertiary/aromatic N) is 4. The van der Waals surface area contributed by atoms with Crippen LogP contribution in [-0.2, 0) is 34.0 Å². The molecule has 1 atom stereocenters. The summed E-state index contributed by atoms with van der Waals surface area (Å²) in [6.45, 7) is 5.51. The number of aromatic nitrogens is 2. The van der Waals surface area contributed by atoms with E-state index in [1.165, 1.54) is 10.5 Å². The molecule has 176 valence electrons. The van der Waals surface area contributed by atoms with Gasteiger partial charge in [0.05, 0.1) is 24.5 Å². The van der Waals surface area contributed by atoms with Crippen molar-refractivity contribution >= 4 is 11.9 Å². The van der Waals surface area contributed by atoms with Gasteiger partial charge in [0, 0.05) is 33.7 Å². The Morgan fingerprint density at radius 3 is 2.41 bits per heavy atom. The van der Waals surface area contributed by atoms with Gasteiger partial charge in [0.15, 0.2) is 0 Å². The summed E-state index contributed by atoms with van der Waals surface area (Å²) in [5, 5.41) is 7.12. The number of hydrogen-bond acceptors (Lipinski definition) is 5. The number of imidazole rings is 1. The minimum Gasteiger partial charge on any atom is -0.475 e. The van der Waals surface area contributed by atoms with Crippen LogP contribution in [0.1, 0.15) is 30.0 Å². The van der Waals surface area contributed by atoms with Gasteiger partial charge in [0.2, 0.25) is 5.91 Å². The second kappa shape index (κ2) is 11.1. The number of rotatable bonds is 6. The lowest BCUT2D eigenvalue weighted by Gasteiger charge is -2.34. The molecule has 32 heavy (non-hydrogen) atoms. The van der Waals surface area contributed by atoms with Crippen LogP contribution in [-0.4, -0.2) is 69.8 Å². The van der Waals surface area contributed by atoms with Crippen LogP contribution >= 0.6 is 0 Å². The van der Waals surface area contributed by atoms with Crippen molar-refractivity contribution in [1.82, 2.24) is 19.4 Å². The molecule has 1 aliphatic rings. The minimum atomic E-state index is -5.08. The molecular formula is C21H27F3N4O4. The number of amides is 1. The number of carbonyl (C=O) groups excluding carboxylic acids is 1. The molecule has 1 aliphatic heterocycles. The number of halogens is 3. The smallest absolute Gasteiger partial charge is 0.475 e. The fraction of sp³-hybridized carbons (Fsp3) is 0.476. The first-order valence-corrected chi connectivity index (χ1v) is 9.91. The fourth-order valence-electron chi connectivity index (χ4n) is 3.13. The zero-order valence-corrected chi connectivity index (χ0v) is 18.2. The fourth-order valence-corrected chi connectivity index (χ4v) is 3.13. The Labute approximate surface area is 184 Å². The molecule has 0 fully saturated rings. The summed E-state index contributed by atoms with van der Waals surface area (Å²) in [5.74, 6) is -1.71. The third-order valence-electron chi connectivity index (χ3n) is 4.95. The largest absolute Gasteiger partial charge is 0.490 e. The minimum absolute atomic E-state index is 0.0270. The van der Waals surface area contributed by atoms with E-state index < -0.39 is 12.1 Å². The zero-order chi connectivity index (χ0) is 23.9. The number of likely N-dealkylation sites (N-methyl/N-ethyl adjacent to an activating group) is 1. The maximum atomic E-state index is 11.6. The van der Waals surface area contributed by atoms with Crippen molar-refractivity contribution in [3.05, 3.63) is 53.6 Å². The van der Waals surface area contributed by atoms with Crippen LogP contribution in [0.2, 0.25) is 0 Å². The van der Waals surface area contributed by atoms with Crippen molar-refractivity contribution in [2.75, 3.05) is 27.2 Å². The number of carbonyl (C=O) groups is 2. The lowest BCUT2D eigenvalue weighted by molar-refractivity contribution is -0.192. The Kier molecular flexibility index (Phi) is 8.79. The summed E-state index contributed by atoms with van der Waals surface area (Å²) in [5.41, 5.74) is 2.35. The lowest BCUT2D eigenvalue weighted by atomic mass is 10.1. The molecule has 1 aromatic heterocycles. The summed E-state index contributed by atoms with van der Waals surface area (Å²) < 4.78 is 39.5. The molecule has 1 unspecified atom stereocenters. The highest BCUT2D eigenvalue weighted by atomic mass is 19.4. The third-order valence-corrected chi connectivity index (χ3v) is 4.95. The molecule has 1 aromatic carbocycles. The van der Waals surface area contributed by atoms with E-state index in [1.807, 2.05) is 12.3 Å². The van der Waals surface area contributed by atoms with Gasteiger partial charge in [0.25, 0.3) is 0 Å². The number of aliphatic carboxylic acids is 1. The van der Waals surface area contributed by atoms with E-state index in [0.29, 0.717) is 6.61 Å². The Balaban J connectivity index is 0.000000451. The highest BCUT2D eigenvalue weighted by Gasteiger charge is 2.38. The second-order valence-electron chi connectivity index (χ2n) is 7.48. The first-order valence-electron chi connectivity index (χ1n) is 9.91. The summed E-state index contributed by atoms with van der Waals surface area (Å²) in [6, 6.07) is 10.8. The summed E-state index contributed by atoms with van der Waals surface area (Å²) in [7, 11) is 3.46. The van der Waals surface area contributed by atoms with Crippen molar-refractivity contribution in [2.24, 2.45) is 0 Å². The molecule has 3 rings (SSSR count). The van der Waals surface area contributed by atoms with Crippen LogP contribution < -0.4 is 0 Å². The van der Waals surface area contributed by atoms with Crippen molar-refractivity contribution in [3.8, 4) is 0 Å². The van der Waals surface area contributed by atoms with E-state index in [9.17, 15) is 18.0 Å². The summed E-state index contributed by atoms with van der Waals surface area (Å²) in [6.07, 6.45) is -3.21. The number of carboxylic acid groups (broad SMARTS) is 1. The molecule has 0 radical (unpaired) electrons. The first-order chi connectivity index (χ1) is 15.0. The molecule has 1 N–H and O–H groups in total. The normalized spacial score (nSPS) is 16.0. The number of ether oxygens (including phenoxy) is 1. The highest BCUT2D eigenvalue weighted by molar-refractivity contribution is 5.76. The standard InChI is InChI=1S/C19H26N4O2.C2HF3O2/c1-15-19-20-11-17(13-25-14-18(24)21(2)3)23(19)10-9-22(15)12-16-7-5-4-6-8-16;3-2(4,5)1(6)7/h4-8,11,15H,9-10,12-14H2,1-3H3;(H,6,7). The third kappa shape index (κ3) is 7.06. The molecular weight excluding hydrogens is 429 g/mol. The van der Waals surface area contributed by atoms with Gasteiger partial charge in [-0.05, 0) is 12.5 Å². The van der Waals surface area contributed by atoms with E-state index >= 15 is 0 Å². The van der Waals surface area contributed by atoms with E-state index in [-0.39, 0.29) is 18.6 Å². The van der Waals surface area contributed by atoms with Gasteiger partial charge in [-0.3, -0.25) is 9.69 Å². The summed E-state index contributed by atoms with van der Waals surface area (Å²) in [4.78, 5) is 29.1. The molecule has 0 aliphatic carbocycles. The molecule has 0 saturated carbocycles. The molecule has 0 bridgehead atoms. The van der Waals surface area contributed by atoms with Gasteiger partial charge >= 0.3 is 12.1 Å². The Morgan fingerprint density at radius 1 is 1.22 bits per heavy atom. The van der Waals surface area contributed by atoms with Crippen LogP contribution in [0.25, 0.3) is 0 Å². The Bertz CT molecular complexity index is 900. The molecule has 11 heteroatoms. The van der Waals surface area contributed by atoms with Crippen molar-refractivity contribution in [1.29, 1.82) is 0 Å². The topological polar surface area (TPSA) is 87.9 Å². The maximum Gasteiger partial charge on any atom is 0.490 e. The van der Waals surface area contributed by atoms with Crippen LogP contribution in [0, 0.1) is 0 Å². The van der Waals surface area contributed by atoms with Crippen molar-refractivity contribution in [3.63, 3.8) is 0 Å². The SMILES string of the molecule is CC1c2ncc(COCC(=O)N(C)C)n2CCN1Cc1ccccc1.O=C(O)C(F)(F)F. The number of fused-ring (bicyclic) bond motifs is 1. The second-order valence-corrected chi connectivity index (χ2v) is 7.48.